The predicted molar refractivity (Wildman–Crippen MR) is 39.1 cm³/mol. The van der Waals surface area contributed by atoms with Crippen molar-refractivity contribution in [2.75, 3.05) is 13.2 Å². The third-order valence-corrected chi connectivity index (χ3v) is 1.31. The molecular weight excluding hydrogens is 166 g/mol. The third kappa shape index (κ3) is 3.51. The average molecular weight is 177 g/mol. The van der Waals surface area contributed by atoms with Gasteiger partial charge < -0.3 is 20.4 Å². The van der Waals surface area contributed by atoms with Crippen molar-refractivity contribution < 1.29 is 20.4 Å². The molecule has 4 N–H and O–H groups in total. The summed E-state index contributed by atoms with van der Waals surface area (Å²) in [5, 5.41) is 38.1. The second-order valence-electron chi connectivity index (χ2n) is 2.22. The summed E-state index contributed by atoms with van der Waals surface area (Å²) >= 11 is 0. The highest BCUT2D eigenvalue weighted by molar-refractivity contribution is 4.76. The zero-order valence-corrected chi connectivity index (χ0v) is 6.28. The van der Waals surface area contributed by atoms with Crippen molar-refractivity contribution >= 4 is 0 Å². The first-order chi connectivity index (χ1) is 5.63. The second-order valence-corrected chi connectivity index (χ2v) is 2.22. The number of rotatable bonds is 5. The molecule has 0 aliphatic rings. The van der Waals surface area contributed by atoms with E-state index in [1.807, 2.05) is 0 Å². The maximum Gasteiger partial charge on any atom is 0.108 e. The molecule has 0 aromatic heterocycles. The lowest BCUT2D eigenvalue weighted by Crippen LogP contribution is -2.40. The van der Waals surface area contributed by atoms with E-state index in [1.165, 1.54) is 0 Å². The number of hydrogen-bond acceptors (Lipinski definition) is 5. The zero-order chi connectivity index (χ0) is 9.56. The van der Waals surface area contributed by atoms with Gasteiger partial charge in [0.2, 0.25) is 0 Å². The summed E-state index contributed by atoms with van der Waals surface area (Å²) in [5.74, 6) is 0. The van der Waals surface area contributed by atoms with E-state index < -0.39 is 24.9 Å². The maximum atomic E-state index is 8.97. The first-order valence-corrected chi connectivity index (χ1v) is 3.29. The van der Waals surface area contributed by atoms with E-state index in [2.05, 4.69) is 10.0 Å². The molecule has 70 valence electrons. The lowest BCUT2D eigenvalue weighted by Gasteiger charge is -2.19. The van der Waals surface area contributed by atoms with E-state index in [0.29, 0.717) is 0 Å². The van der Waals surface area contributed by atoms with Crippen LogP contribution in [0.2, 0.25) is 0 Å². The summed E-state index contributed by atoms with van der Waals surface area (Å²) in [7, 11) is 0. The molecule has 0 aliphatic carbocycles. The van der Waals surface area contributed by atoms with Crippen LogP contribution in [0.1, 0.15) is 0 Å². The largest absolute Gasteiger partial charge is 0.394 e. The van der Waals surface area contributed by atoms with Crippen LogP contribution in [0, 0.1) is 0 Å². The van der Waals surface area contributed by atoms with E-state index in [-0.39, 0.29) is 6.54 Å². The van der Waals surface area contributed by atoms with Crippen LogP contribution in [0.5, 0.6) is 0 Å². The first kappa shape index (κ1) is 11.2. The minimum atomic E-state index is -1.50. The summed E-state index contributed by atoms with van der Waals surface area (Å²) in [4.78, 5) is 2.35. The normalized spacial score (nSPS) is 17.7. The van der Waals surface area contributed by atoms with Gasteiger partial charge in [0.15, 0.2) is 0 Å². The van der Waals surface area contributed by atoms with E-state index in [1.54, 1.807) is 0 Å². The molecule has 7 heteroatoms. The smallest absolute Gasteiger partial charge is 0.108 e. The molecule has 0 aromatic rings. The van der Waals surface area contributed by atoms with Gasteiger partial charge in [0.25, 0.3) is 0 Å². The molecule has 0 fully saturated rings. The minimum Gasteiger partial charge on any atom is -0.394 e. The molecule has 0 heterocycles. The third-order valence-electron chi connectivity index (χ3n) is 1.31. The Balaban J connectivity index is 3.90. The van der Waals surface area contributed by atoms with Crippen molar-refractivity contribution in [1.82, 2.24) is 0 Å². The lowest BCUT2D eigenvalue weighted by atomic mass is 10.1. The highest BCUT2D eigenvalue weighted by Gasteiger charge is 2.22. The van der Waals surface area contributed by atoms with Gasteiger partial charge in [-0.1, -0.05) is 5.11 Å². The van der Waals surface area contributed by atoms with Gasteiger partial charge in [0, 0.05) is 4.91 Å². The molecule has 0 radical (unpaired) electrons. The number of aliphatic hydroxyl groups is 4. The quantitative estimate of drug-likeness (QED) is 0.228. The molecule has 7 nitrogen and oxygen atoms in total. The van der Waals surface area contributed by atoms with Crippen molar-refractivity contribution in [3.05, 3.63) is 10.4 Å². The Bertz CT molecular complexity index is 170. The molecule has 12 heavy (non-hydrogen) atoms. The van der Waals surface area contributed by atoms with E-state index in [0.717, 1.165) is 0 Å². The van der Waals surface area contributed by atoms with Crippen LogP contribution in [0.4, 0.5) is 0 Å². The highest BCUT2D eigenvalue weighted by atomic mass is 16.4. The Morgan fingerprint density at radius 3 is 2.25 bits per heavy atom. The standard InChI is InChI=1S/C5H11N3O4/c6-8-7-1-3(10)5(12)4(11)2-9/h3-5,9-12H,1-2H2/t3-,4+,5+/m1/s1. The van der Waals surface area contributed by atoms with Gasteiger partial charge in [-0.3, -0.25) is 0 Å². The van der Waals surface area contributed by atoms with Gasteiger partial charge >= 0.3 is 0 Å². The van der Waals surface area contributed by atoms with Crippen LogP contribution in [-0.2, 0) is 0 Å². The molecule has 0 rings (SSSR count). The fraction of sp³-hybridized carbons (Fsp3) is 1.00. The summed E-state index contributed by atoms with van der Waals surface area (Å²) in [5.41, 5.74) is 7.85. The summed E-state index contributed by atoms with van der Waals surface area (Å²) < 4.78 is 0. The fourth-order valence-corrected chi connectivity index (χ4v) is 0.593. The molecule has 3 atom stereocenters. The van der Waals surface area contributed by atoms with Crippen molar-refractivity contribution in [1.29, 1.82) is 0 Å². The Morgan fingerprint density at radius 1 is 1.25 bits per heavy atom. The highest BCUT2D eigenvalue weighted by Crippen LogP contribution is 2.00. The molecular formula is C5H11N3O4. The average Bonchev–Trinajstić information content (AvgIpc) is 2.11. The van der Waals surface area contributed by atoms with Crippen LogP contribution in [0.3, 0.4) is 0 Å². The molecule has 0 bridgehead atoms. The summed E-state index contributed by atoms with van der Waals surface area (Å²) in [6, 6.07) is 0. The van der Waals surface area contributed by atoms with Crippen LogP contribution < -0.4 is 0 Å². The Labute approximate surface area is 68.5 Å². The van der Waals surface area contributed by atoms with Gasteiger partial charge in [-0.2, -0.15) is 0 Å². The van der Waals surface area contributed by atoms with Crippen LogP contribution in [0.15, 0.2) is 5.11 Å². The monoisotopic (exact) mass is 177 g/mol. The molecule has 0 saturated carbocycles. The van der Waals surface area contributed by atoms with Gasteiger partial charge in [0.05, 0.1) is 19.3 Å². The number of aliphatic hydroxyl groups excluding tert-OH is 4. The van der Waals surface area contributed by atoms with Gasteiger partial charge in [-0.25, -0.2) is 0 Å². The maximum absolute atomic E-state index is 8.97. The van der Waals surface area contributed by atoms with Crippen LogP contribution >= 0.6 is 0 Å². The SMILES string of the molecule is [N-]=[N+]=NC[C@@H](O)[C@H](O)[C@@H](O)CO. The summed E-state index contributed by atoms with van der Waals surface area (Å²) in [6.07, 6.45) is -4.28. The molecule has 0 amide bonds. The van der Waals surface area contributed by atoms with Crippen molar-refractivity contribution in [2.45, 2.75) is 18.3 Å². The molecule has 0 saturated heterocycles. The number of nitrogens with zero attached hydrogens (tertiary/aromatic N) is 3. The number of hydrogen-bond donors (Lipinski definition) is 4. The molecule has 0 spiro atoms. The minimum absolute atomic E-state index is 0.339. The molecule has 0 aliphatic heterocycles. The Morgan fingerprint density at radius 2 is 1.83 bits per heavy atom. The lowest BCUT2D eigenvalue weighted by molar-refractivity contribution is -0.0726. The fourth-order valence-electron chi connectivity index (χ4n) is 0.593. The van der Waals surface area contributed by atoms with Crippen molar-refractivity contribution in [3.63, 3.8) is 0 Å². The van der Waals surface area contributed by atoms with E-state index >= 15 is 0 Å². The second kappa shape index (κ2) is 5.76. The molecule has 0 aromatic carbocycles. The van der Waals surface area contributed by atoms with E-state index in [4.69, 9.17) is 26.0 Å². The van der Waals surface area contributed by atoms with Crippen molar-refractivity contribution in [2.24, 2.45) is 5.11 Å². The van der Waals surface area contributed by atoms with Gasteiger partial charge in [-0.05, 0) is 5.53 Å². The van der Waals surface area contributed by atoms with E-state index in [9.17, 15) is 0 Å². The van der Waals surface area contributed by atoms with Crippen LogP contribution in [-0.4, -0.2) is 51.9 Å². The topological polar surface area (TPSA) is 130 Å². The zero-order valence-electron chi connectivity index (χ0n) is 6.28. The number of azide groups is 1. The van der Waals surface area contributed by atoms with Gasteiger partial charge in [-0.15, -0.1) is 0 Å². The Hall–Kier alpha value is -0.850. The predicted octanol–water partition coefficient (Wildman–Crippen LogP) is -1.63. The van der Waals surface area contributed by atoms with Gasteiger partial charge in [0.1, 0.15) is 12.2 Å². The van der Waals surface area contributed by atoms with Crippen LogP contribution in [0.25, 0.3) is 10.4 Å². The summed E-state index contributed by atoms with van der Waals surface area (Å²) in [6.45, 7) is -0.997. The molecule has 0 unspecified atom stereocenters. The van der Waals surface area contributed by atoms with Crippen molar-refractivity contribution in [3.8, 4) is 0 Å². The first-order valence-electron chi connectivity index (χ1n) is 3.29. The Kier molecular flexibility index (Phi) is 5.35.